The zero-order chi connectivity index (χ0) is 13.7. The third-order valence-electron chi connectivity index (χ3n) is 4.19. The Labute approximate surface area is 117 Å². The van der Waals surface area contributed by atoms with Crippen molar-refractivity contribution in [2.24, 2.45) is 0 Å². The summed E-state index contributed by atoms with van der Waals surface area (Å²) in [4.78, 5) is 5.13. The highest BCUT2D eigenvalue weighted by atomic mass is 15.3. The van der Waals surface area contributed by atoms with Crippen LogP contribution in [-0.4, -0.2) is 56.1 Å². The van der Waals surface area contributed by atoms with E-state index in [0.29, 0.717) is 12.1 Å². The van der Waals surface area contributed by atoms with Gasteiger partial charge in [-0.2, -0.15) is 0 Å². The van der Waals surface area contributed by atoms with Gasteiger partial charge in [0.1, 0.15) is 0 Å². The van der Waals surface area contributed by atoms with Gasteiger partial charge in [-0.25, -0.2) is 0 Å². The molecule has 1 N–H and O–H groups in total. The predicted molar refractivity (Wildman–Crippen MR) is 81.4 cm³/mol. The Bertz CT molecular complexity index is 366. The van der Waals surface area contributed by atoms with Gasteiger partial charge in [0.25, 0.3) is 0 Å². The van der Waals surface area contributed by atoms with Crippen LogP contribution in [0.1, 0.15) is 24.9 Å². The number of hydrogen-bond donors (Lipinski definition) is 1. The van der Waals surface area contributed by atoms with Crippen LogP contribution in [0.25, 0.3) is 0 Å². The van der Waals surface area contributed by atoms with E-state index >= 15 is 0 Å². The number of nitrogens with zero attached hydrogens (tertiary/aromatic N) is 2. The molecule has 2 unspecified atom stereocenters. The van der Waals surface area contributed by atoms with Crippen molar-refractivity contribution in [3.63, 3.8) is 0 Å². The van der Waals surface area contributed by atoms with Crippen molar-refractivity contribution in [2.45, 2.75) is 25.4 Å². The molecule has 106 valence electrons. The molecule has 0 spiro atoms. The first-order valence-electron chi connectivity index (χ1n) is 7.40. The molecular formula is C16H27N3. The lowest BCUT2D eigenvalue weighted by Crippen LogP contribution is -2.53. The number of nitrogens with one attached hydrogen (secondary N) is 1. The molecule has 1 aliphatic rings. The van der Waals surface area contributed by atoms with Gasteiger partial charge in [-0.1, -0.05) is 37.3 Å². The minimum absolute atomic E-state index is 0.526. The van der Waals surface area contributed by atoms with Gasteiger partial charge in [0.2, 0.25) is 0 Å². The van der Waals surface area contributed by atoms with Crippen LogP contribution in [-0.2, 0) is 0 Å². The maximum atomic E-state index is 3.34. The summed E-state index contributed by atoms with van der Waals surface area (Å²) in [6.07, 6.45) is 1.20. The van der Waals surface area contributed by atoms with E-state index in [-0.39, 0.29) is 0 Å². The highest BCUT2D eigenvalue weighted by molar-refractivity contribution is 5.20. The molecule has 3 heteroatoms. The fourth-order valence-corrected chi connectivity index (χ4v) is 3.07. The second-order valence-corrected chi connectivity index (χ2v) is 5.55. The molecule has 2 rings (SSSR count). The highest BCUT2D eigenvalue weighted by Crippen LogP contribution is 2.27. The molecule has 1 aromatic carbocycles. The number of likely N-dealkylation sites (N-methyl/N-ethyl adjacent to an activating group) is 2. The van der Waals surface area contributed by atoms with Gasteiger partial charge in [-0.05, 0) is 26.1 Å². The van der Waals surface area contributed by atoms with Gasteiger partial charge in [0, 0.05) is 38.3 Å². The van der Waals surface area contributed by atoms with Crippen LogP contribution in [0.15, 0.2) is 30.3 Å². The van der Waals surface area contributed by atoms with Crippen LogP contribution in [0.5, 0.6) is 0 Å². The zero-order valence-corrected chi connectivity index (χ0v) is 12.5. The summed E-state index contributed by atoms with van der Waals surface area (Å²) in [6.45, 7) is 6.83. The molecule has 1 fully saturated rings. The molecule has 0 amide bonds. The Morgan fingerprint density at radius 2 is 2.00 bits per heavy atom. The maximum absolute atomic E-state index is 3.34. The molecule has 3 nitrogen and oxygen atoms in total. The lowest BCUT2D eigenvalue weighted by atomic mass is 9.99. The first kappa shape index (κ1) is 14.5. The van der Waals surface area contributed by atoms with E-state index in [4.69, 9.17) is 0 Å². The average molecular weight is 261 g/mol. The minimum Gasteiger partial charge on any atom is -0.318 e. The fraction of sp³-hybridized carbons (Fsp3) is 0.625. The number of rotatable bonds is 5. The number of hydrogen-bond acceptors (Lipinski definition) is 3. The molecule has 1 aromatic rings. The van der Waals surface area contributed by atoms with Crippen molar-refractivity contribution in [3.8, 4) is 0 Å². The Morgan fingerprint density at radius 1 is 1.26 bits per heavy atom. The standard InChI is InChI=1S/C16H27N3/c1-4-15(12-17-2)19-11-10-18(3)13-16(19)14-8-6-5-7-9-14/h5-9,15-17H,4,10-13H2,1-3H3. The van der Waals surface area contributed by atoms with Crippen LogP contribution in [0, 0.1) is 0 Å². The van der Waals surface area contributed by atoms with Crippen LogP contribution in [0.4, 0.5) is 0 Å². The monoisotopic (exact) mass is 261 g/mol. The normalized spacial score (nSPS) is 23.4. The summed E-state index contributed by atoms with van der Waals surface area (Å²) >= 11 is 0. The van der Waals surface area contributed by atoms with Crippen LogP contribution < -0.4 is 5.32 Å². The van der Waals surface area contributed by atoms with E-state index in [1.807, 2.05) is 0 Å². The predicted octanol–water partition coefficient (Wildman–Crippen LogP) is 1.97. The largest absolute Gasteiger partial charge is 0.318 e. The summed E-state index contributed by atoms with van der Waals surface area (Å²) in [5, 5.41) is 3.34. The first-order valence-corrected chi connectivity index (χ1v) is 7.40. The van der Waals surface area contributed by atoms with E-state index < -0.39 is 0 Å². The molecule has 0 radical (unpaired) electrons. The molecule has 1 aliphatic heterocycles. The quantitative estimate of drug-likeness (QED) is 0.874. The minimum atomic E-state index is 0.526. The Kier molecular flexibility index (Phi) is 5.37. The summed E-state index contributed by atoms with van der Waals surface area (Å²) in [5.41, 5.74) is 1.45. The van der Waals surface area contributed by atoms with Gasteiger partial charge in [-0.15, -0.1) is 0 Å². The van der Waals surface area contributed by atoms with E-state index in [1.165, 1.54) is 18.5 Å². The van der Waals surface area contributed by atoms with Crippen molar-refractivity contribution >= 4 is 0 Å². The molecule has 0 aromatic heterocycles. The molecule has 2 atom stereocenters. The van der Waals surface area contributed by atoms with E-state index in [9.17, 15) is 0 Å². The average Bonchev–Trinajstić information content (AvgIpc) is 2.46. The van der Waals surface area contributed by atoms with Gasteiger partial charge in [-0.3, -0.25) is 4.90 Å². The molecule has 0 aliphatic carbocycles. The van der Waals surface area contributed by atoms with Crippen LogP contribution in [0.3, 0.4) is 0 Å². The summed E-state index contributed by atoms with van der Waals surface area (Å²) in [5.74, 6) is 0. The molecule has 19 heavy (non-hydrogen) atoms. The topological polar surface area (TPSA) is 18.5 Å². The SMILES string of the molecule is CCC(CNC)N1CCN(C)CC1c1ccccc1. The summed E-state index contributed by atoms with van der Waals surface area (Å²) in [6, 6.07) is 12.1. The summed E-state index contributed by atoms with van der Waals surface area (Å²) < 4.78 is 0. The van der Waals surface area contributed by atoms with Crippen molar-refractivity contribution < 1.29 is 0 Å². The second-order valence-electron chi connectivity index (χ2n) is 5.55. The smallest absolute Gasteiger partial charge is 0.0479 e. The van der Waals surface area contributed by atoms with Crippen molar-refractivity contribution in [2.75, 3.05) is 40.3 Å². The maximum Gasteiger partial charge on any atom is 0.0479 e. The first-order chi connectivity index (χ1) is 9.26. The van der Waals surface area contributed by atoms with Gasteiger partial charge >= 0.3 is 0 Å². The van der Waals surface area contributed by atoms with Crippen LogP contribution >= 0.6 is 0 Å². The molecule has 0 bridgehead atoms. The lowest BCUT2D eigenvalue weighted by Gasteiger charge is -2.44. The third kappa shape index (κ3) is 3.56. The van der Waals surface area contributed by atoms with E-state index in [0.717, 1.165) is 19.6 Å². The van der Waals surface area contributed by atoms with Crippen LogP contribution in [0.2, 0.25) is 0 Å². The summed E-state index contributed by atoms with van der Waals surface area (Å²) in [7, 11) is 4.28. The van der Waals surface area contributed by atoms with E-state index in [1.54, 1.807) is 0 Å². The highest BCUT2D eigenvalue weighted by Gasteiger charge is 2.30. The van der Waals surface area contributed by atoms with Gasteiger partial charge in [0.05, 0.1) is 0 Å². The lowest BCUT2D eigenvalue weighted by molar-refractivity contribution is 0.0500. The second kappa shape index (κ2) is 7.04. The zero-order valence-electron chi connectivity index (χ0n) is 12.5. The fourth-order valence-electron chi connectivity index (χ4n) is 3.07. The molecule has 0 saturated carbocycles. The molecule has 1 saturated heterocycles. The molecular weight excluding hydrogens is 234 g/mol. The van der Waals surface area contributed by atoms with Crippen molar-refractivity contribution in [1.29, 1.82) is 0 Å². The Morgan fingerprint density at radius 3 is 2.63 bits per heavy atom. The number of benzene rings is 1. The van der Waals surface area contributed by atoms with E-state index in [2.05, 4.69) is 66.5 Å². The van der Waals surface area contributed by atoms with Crippen molar-refractivity contribution in [1.82, 2.24) is 15.1 Å². The van der Waals surface area contributed by atoms with Crippen molar-refractivity contribution in [3.05, 3.63) is 35.9 Å². The van der Waals surface area contributed by atoms with Gasteiger partial charge in [0.15, 0.2) is 0 Å². The van der Waals surface area contributed by atoms with Gasteiger partial charge < -0.3 is 10.2 Å². The Balaban J connectivity index is 2.19. The Hall–Kier alpha value is -0.900. The third-order valence-corrected chi connectivity index (χ3v) is 4.19. The number of piperazine rings is 1. The molecule has 1 heterocycles.